The van der Waals surface area contributed by atoms with Crippen molar-refractivity contribution in [3.63, 3.8) is 0 Å². The second-order valence-electron chi connectivity index (χ2n) is 7.92. The molecule has 1 aromatic carbocycles. The number of carbonyl (C=O) groups excluding carboxylic acids is 1. The Morgan fingerprint density at radius 2 is 2.08 bits per heavy atom. The summed E-state index contributed by atoms with van der Waals surface area (Å²) in [6.07, 6.45) is 8.84. The zero-order valence-electron chi connectivity index (χ0n) is 15.5. The summed E-state index contributed by atoms with van der Waals surface area (Å²) in [5.74, 6) is 1.89. The van der Waals surface area contributed by atoms with E-state index in [9.17, 15) is 4.79 Å². The van der Waals surface area contributed by atoms with Crippen LogP contribution in [-0.2, 0) is 23.2 Å². The topological polar surface area (TPSA) is 68.0 Å². The van der Waals surface area contributed by atoms with Gasteiger partial charge in [0, 0.05) is 18.8 Å². The van der Waals surface area contributed by atoms with Crippen LogP contribution in [0.4, 0.5) is 0 Å². The molecule has 1 aromatic heterocycles. The van der Waals surface area contributed by atoms with Crippen molar-refractivity contribution < 1.29 is 9.32 Å². The lowest BCUT2D eigenvalue weighted by Gasteiger charge is -2.37. The van der Waals surface area contributed by atoms with Gasteiger partial charge in [-0.3, -0.25) is 4.79 Å². The predicted octanol–water partition coefficient (Wildman–Crippen LogP) is 4.03. The van der Waals surface area contributed by atoms with Crippen LogP contribution < -0.4 is 5.32 Å². The van der Waals surface area contributed by atoms with Gasteiger partial charge in [0.05, 0.1) is 5.54 Å². The van der Waals surface area contributed by atoms with Crippen molar-refractivity contribution in [2.75, 3.05) is 0 Å². The number of rotatable bonds is 5. The molecule has 4 rings (SSSR count). The van der Waals surface area contributed by atoms with Gasteiger partial charge in [-0.05, 0) is 50.2 Å². The summed E-state index contributed by atoms with van der Waals surface area (Å²) in [5.41, 5.74) is 2.32. The molecule has 0 unspecified atom stereocenters. The quantitative estimate of drug-likeness (QED) is 0.881. The molecular formula is C21H27N3O2. The predicted molar refractivity (Wildman–Crippen MR) is 98.7 cm³/mol. The molecule has 1 atom stereocenters. The van der Waals surface area contributed by atoms with Gasteiger partial charge >= 0.3 is 0 Å². The highest BCUT2D eigenvalue weighted by Gasteiger charge is 2.33. The van der Waals surface area contributed by atoms with E-state index in [-0.39, 0.29) is 11.4 Å². The first-order chi connectivity index (χ1) is 12.6. The summed E-state index contributed by atoms with van der Waals surface area (Å²) < 4.78 is 5.36. The van der Waals surface area contributed by atoms with Crippen LogP contribution in [0.1, 0.15) is 80.6 Å². The molecule has 0 bridgehead atoms. The van der Waals surface area contributed by atoms with Crippen molar-refractivity contribution in [1.29, 1.82) is 0 Å². The largest absolute Gasteiger partial charge is 0.347 e. The van der Waals surface area contributed by atoms with Crippen LogP contribution in [0.15, 0.2) is 28.8 Å². The molecule has 1 fully saturated rings. The van der Waals surface area contributed by atoms with Gasteiger partial charge in [-0.2, -0.15) is 4.98 Å². The van der Waals surface area contributed by atoms with E-state index < -0.39 is 0 Å². The number of carbonyl (C=O) groups is 1. The third-order valence-corrected chi connectivity index (χ3v) is 5.92. The molecular weight excluding hydrogens is 326 g/mol. The summed E-state index contributed by atoms with van der Waals surface area (Å²) in [6, 6.07) is 8.43. The Morgan fingerprint density at radius 3 is 2.92 bits per heavy atom. The minimum absolute atomic E-state index is 0.0461. The first-order valence-corrected chi connectivity index (χ1v) is 9.86. The number of aryl methyl sites for hydroxylation is 2. The summed E-state index contributed by atoms with van der Waals surface area (Å²) in [5, 5.41) is 7.37. The van der Waals surface area contributed by atoms with E-state index in [1.165, 1.54) is 24.0 Å². The number of nitrogens with one attached hydrogen (secondary N) is 1. The van der Waals surface area contributed by atoms with Gasteiger partial charge in [0.1, 0.15) is 0 Å². The fourth-order valence-corrected chi connectivity index (χ4v) is 4.48. The average Bonchev–Trinajstić information content (AvgIpc) is 3.32. The van der Waals surface area contributed by atoms with Crippen LogP contribution in [0.25, 0.3) is 0 Å². The van der Waals surface area contributed by atoms with Crippen molar-refractivity contribution in [1.82, 2.24) is 15.5 Å². The molecule has 1 saturated carbocycles. The molecule has 1 N–H and O–H groups in total. The number of amides is 1. The third kappa shape index (κ3) is 3.53. The van der Waals surface area contributed by atoms with Gasteiger partial charge in [-0.15, -0.1) is 0 Å². The molecule has 2 aliphatic carbocycles. The first-order valence-electron chi connectivity index (χ1n) is 9.86. The van der Waals surface area contributed by atoms with Gasteiger partial charge in [0.2, 0.25) is 11.8 Å². The lowest BCUT2D eigenvalue weighted by molar-refractivity contribution is -0.123. The highest BCUT2D eigenvalue weighted by Crippen LogP contribution is 2.35. The minimum Gasteiger partial charge on any atom is -0.347 e. The van der Waals surface area contributed by atoms with E-state index in [1.807, 2.05) is 0 Å². The SMILES string of the molecule is C[C@]1(NC(=O)CCc2nc(C3CCCC3)no2)CCCc2ccccc21. The maximum Gasteiger partial charge on any atom is 0.227 e. The highest BCUT2D eigenvalue weighted by molar-refractivity contribution is 5.77. The van der Waals surface area contributed by atoms with Crippen LogP contribution in [0.5, 0.6) is 0 Å². The summed E-state index contributed by atoms with van der Waals surface area (Å²) in [7, 11) is 0. The Morgan fingerprint density at radius 1 is 1.27 bits per heavy atom. The van der Waals surface area contributed by atoms with Crippen molar-refractivity contribution in [3.8, 4) is 0 Å². The zero-order chi connectivity index (χ0) is 18.0. The molecule has 0 spiro atoms. The van der Waals surface area contributed by atoms with Gasteiger partial charge in [-0.1, -0.05) is 42.3 Å². The van der Waals surface area contributed by atoms with E-state index in [4.69, 9.17) is 4.52 Å². The van der Waals surface area contributed by atoms with Gasteiger partial charge in [0.25, 0.3) is 0 Å². The summed E-state index contributed by atoms with van der Waals surface area (Å²) >= 11 is 0. The number of fused-ring (bicyclic) bond motifs is 1. The molecule has 5 nitrogen and oxygen atoms in total. The summed E-state index contributed by atoms with van der Waals surface area (Å²) in [6.45, 7) is 2.13. The van der Waals surface area contributed by atoms with Crippen molar-refractivity contribution in [3.05, 3.63) is 47.1 Å². The minimum atomic E-state index is -0.282. The maximum absolute atomic E-state index is 12.6. The Kier molecular flexibility index (Phi) is 4.79. The van der Waals surface area contributed by atoms with Crippen molar-refractivity contribution >= 4 is 5.91 Å². The molecule has 2 aromatic rings. The van der Waals surface area contributed by atoms with E-state index in [1.54, 1.807) is 0 Å². The number of hydrogen-bond acceptors (Lipinski definition) is 4. The monoisotopic (exact) mass is 353 g/mol. The van der Waals surface area contributed by atoms with Crippen LogP contribution >= 0.6 is 0 Å². The average molecular weight is 353 g/mol. The van der Waals surface area contributed by atoms with Gasteiger partial charge < -0.3 is 9.84 Å². The second kappa shape index (κ2) is 7.22. The number of benzene rings is 1. The second-order valence-corrected chi connectivity index (χ2v) is 7.92. The molecule has 1 heterocycles. The normalized spacial score (nSPS) is 23.0. The van der Waals surface area contributed by atoms with Gasteiger partial charge in [0.15, 0.2) is 5.82 Å². The number of aromatic nitrogens is 2. The molecule has 5 heteroatoms. The number of nitrogens with zero attached hydrogens (tertiary/aromatic N) is 2. The first kappa shape index (κ1) is 17.3. The van der Waals surface area contributed by atoms with E-state index >= 15 is 0 Å². The van der Waals surface area contributed by atoms with Crippen LogP contribution in [0, 0.1) is 0 Å². The highest BCUT2D eigenvalue weighted by atomic mass is 16.5. The molecule has 26 heavy (non-hydrogen) atoms. The zero-order valence-corrected chi connectivity index (χ0v) is 15.5. The lowest BCUT2D eigenvalue weighted by Crippen LogP contribution is -2.45. The van der Waals surface area contributed by atoms with E-state index in [0.717, 1.165) is 37.9 Å². The van der Waals surface area contributed by atoms with Gasteiger partial charge in [-0.25, -0.2) is 0 Å². The smallest absolute Gasteiger partial charge is 0.227 e. The van der Waals surface area contributed by atoms with E-state index in [2.05, 4.69) is 46.6 Å². The molecule has 1 amide bonds. The Hall–Kier alpha value is -2.17. The van der Waals surface area contributed by atoms with Crippen LogP contribution in [0.2, 0.25) is 0 Å². The third-order valence-electron chi connectivity index (χ3n) is 5.92. The fraction of sp³-hybridized carbons (Fsp3) is 0.571. The van der Waals surface area contributed by atoms with E-state index in [0.29, 0.717) is 24.7 Å². The molecule has 138 valence electrons. The molecule has 0 saturated heterocycles. The Bertz CT molecular complexity index is 779. The molecule has 0 radical (unpaired) electrons. The van der Waals surface area contributed by atoms with Crippen LogP contribution in [0.3, 0.4) is 0 Å². The van der Waals surface area contributed by atoms with Crippen molar-refractivity contribution in [2.24, 2.45) is 0 Å². The molecule has 2 aliphatic rings. The summed E-state index contributed by atoms with van der Waals surface area (Å²) in [4.78, 5) is 17.1. The Balaban J connectivity index is 1.36. The van der Waals surface area contributed by atoms with Crippen LogP contribution in [-0.4, -0.2) is 16.0 Å². The standard InChI is InChI=1S/C21H27N3O2/c1-21(14-6-10-15-7-4-5-11-17(15)21)23-18(25)12-13-19-22-20(24-26-19)16-8-2-3-9-16/h4-5,7,11,16H,2-3,6,8-10,12-14H2,1H3,(H,23,25)/t21-/m0/s1. The molecule has 0 aliphatic heterocycles. The lowest BCUT2D eigenvalue weighted by atomic mass is 9.77. The Labute approximate surface area is 154 Å². The number of hydrogen-bond donors (Lipinski definition) is 1. The van der Waals surface area contributed by atoms with Crippen molar-refractivity contribution in [2.45, 2.75) is 76.2 Å². The maximum atomic E-state index is 12.6. The fourth-order valence-electron chi connectivity index (χ4n) is 4.48.